The minimum absolute atomic E-state index is 0.0779. The first-order chi connectivity index (χ1) is 17.0. The fourth-order valence-corrected chi connectivity index (χ4v) is 3.61. The lowest BCUT2D eigenvalue weighted by atomic mass is 10.2. The molecule has 0 spiro atoms. The van der Waals surface area contributed by atoms with E-state index >= 15 is 0 Å². The van der Waals surface area contributed by atoms with Gasteiger partial charge in [0.1, 0.15) is 11.2 Å². The van der Waals surface area contributed by atoms with E-state index < -0.39 is 23.4 Å². The lowest BCUT2D eigenvalue weighted by Crippen LogP contribution is -2.47. The van der Waals surface area contributed by atoms with E-state index in [0.29, 0.717) is 24.6 Å². The van der Waals surface area contributed by atoms with Crippen LogP contribution in [0.3, 0.4) is 0 Å². The molecule has 0 aromatic carbocycles. The number of likely N-dealkylation sites (N-methyl/N-ethyl adjacent to an activating group) is 1. The zero-order chi connectivity index (χ0) is 28.0. The molecular weight excluding hydrogens is 476 g/mol. The predicted octanol–water partition coefficient (Wildman–Crippen LogP) is 3.79. The van der Waals surface area contributed by atoms with E-state index in [1.165, 1.54) is 0 Å². The third-order valence-electron chi connectivity index (χ3n) is 5.17. The third-order valence-corrected chi connectivity index (χ3v) is 5.17. The number of imide groups is 1. The first-order valence-electron chi connectivity index (χ1n) is 12.3. The van der Waals surface area contributed by atoms with E-state index in [1.54, 1.807) is 53.9 Å². The number of aromatic nitrogens is 2. The molecule has 0 unspecified atom stereocenters. The summed E-state index contributed by atoms with van der Waals surface area (Å²) in [7, 11) is 1.91. The van der Waals surface area contributed by atoms with Gasteiger partial charge in [-0.1, -0.05) is 13.2 Å². The van der Waals surface area contributed by atoms with E-state index in [4.69, 9.17) is 9.47 Å². The standard InChI is InChI=1S/C26H42N6O5/c1-19(16-29(9)17-20(2)33)30-10-12-31(13-11-30)22-27-14-21(15-28-22)18-32(23(34)36-25(3,4)5)24(35)37-26(6,7)8/h14-15,33H,1-2,10-13,16-18H2,3-9H3. The maximum Gasteiger partial charge on any atom is 0.420 e. The van der Waals surface area contributed by atoms with Crippen LogP contribution in [0.1, 0.15) is 47.1 Å². The number of aliphatic hydroxyl groups excluding tert-OH is 1. The molecule has 0 atom stereocenters. The van der Waals surface area contributed by atoms with Crippen molar-refractivity contribution < 1.29 is 24.2 Å². The second-order valence-electron chi connectivity index (χ2n) is 11.2. The summed E-state index contributed by atoms with van der Waals surface area (Å²) in [6.07, 6.45) is 1.62. The van der Waals surface area contributed by atoms with Crippen molar-refractivity contribution in [3.8, 4) is 0 Å². The Bertz CT molecular complexity index is 931. The Morgan fingerprint density at radius 1 is 0.946 bits per heavy atom. The number of hydrogen-bond acceptors (Lipinski definition) is 10. The zero-order valence-electron chi connectivity index (χ0n) is 23.3. The van der Waals surface area contributed by atoms with Crippen LogP contribution in [0.5, 0.6) is 0 Å². The van der Waals surface area contributed by atoms with Crippen molar-refractivity contribution in [1.29, 1.82) is 0 Å². The molecule has 1 N–H and O–H groups in total. The van der Waals surface area contributed by atoms with Gasteiger partial charge in [0, 0.05) is 56.4 Å². The highest BCUT2D eigenvalue weighted by molar-refractivity contribution is 5.88. The number of ether oxygens (including phenoxy) is 2. The molecule has 1 aromatic heterocycles. The van der Waals surface area contributed by atoms with Gasteiger partial charge in [0.25, 0.3) is 0 Å². The summed E-state index contributed by atoms with van der Waals surface area (Å²) < 4.78 is 10.8. The van der Waals surface area contributed by atoms with Crippen LogP contribution in [0.4, 0.5) is 15.5 Å². The highest BCUT2D eigenvalue weighted by Gasteiger charge is 2.31. The van der Waals surface area contributed by atoms with Crippen molar-refractivity contribution in [1.82, 2.24) is 24.7 Å². The Hall–Kier alpha value is -3.34. The number of carbonyl (C=O) groups is 2. The summed E-state index contributed by atoms with van der Waals surface area (Å²) in [6.45, 7) is 22.0. The molecule has 1 aromatic rings. The normalized spacial score (nSPS) is 14.4. The molecule has 206 valence electrons. The summed E-state index contributed by atoms with van der Waals surface area (Å²) >= 11 is 0. The van der Waals surface area contributed by atoms with Gasteiger partial charge in [-0.3, -0.25) is 4.90 Å². The monoisotopic (exact) mass is 518 g/mol. The summed E-state index contributed by atoms with van der Waals surface area (Å²) in [5.74, 6) is 0.699. The Morgan fingerprint density at radius 3 is 1.86 bits per heavy atom. The van der Waals surface area contributed by atoms with Gasteiger partial charge in [0.05, 0.1) is 18.8 Å². The quantitative estimate of drug-likeness (QED) is 0.510. The summed E-state index contributed by atoms with van der Waals surface area (Å²) in [5, 5.41) is 9.37. The number of amides is 2. The Labute approximate surface area is 220 Å². The van der Waals surface area contributed by atoms with Crippen molar-refractivity contribution >= 4 is 18.1 Å². The van der Waals surface area contributed by atoms with Crippen molar-refractivity contribution in [3.63, 3.8) is 0 Å². The second-order valence-corrected chi connectivity index (χ2v) is 11.2. The molecule has 2 heterocycles. The average Bonchev–Trinajstić information content (AvgIpc) is 2.75. The van der Waals surface area contributed by atoms with Gasteiger partial charge >= 0.3 is 12.2 Å². The number of carbonyl (C=O) groups excluding carboxylic acids is 2. The highest BCUT2D eigenvalue weighted by atomic mass is 16.6. The average molecular weight is 519 g/mol. The van der Waals surface area contributed by atoms with Crippen molar-refractivity contribution in [2.45, 2.75) is 59.3 Å². The lowest BCUT2D eigenvalue weighted by Gasteiger charge is -2.38. The van der Waals surface area contributed by atoms with Gasteiger partial charge in [-0.15, -0.1) is 0 Å². The minimum atomic E-state index is -0.795. The molecule has 0 saturated carbocycles. The third kappa shape index (κ3) is 10.3. The molecule has 1 aliphatic rings. The van der Waals surface area contributed by atoms with E-state index in [-0.39, 0.29) is 12.3 Å². The molecule has 1 aliphatic heterocycles. The SMILES string of the molecule is C=C(O)CN(C)CC(=C)N1CCN(c2ncc(CN(C(=O)OC(C)(C)C)C(=O)OC(C)(C)C)cn2)CC1. The molecule has 1 saturated heterocycles. The van der Waals surface area contributed by atoms with Gasteiger partial charge in [-0.2, -0.15) is 0 Å². The molecule has 2 amide bonds. The van der Waals surface area contributed by atoms with Crippen LogP contribution in [0.15, 0.2) is 37.0 Å². The van der Waals surface area contributed by atoms with Gasteiger partial charge < -0.3 is 24.4 Å². The number of piperazine rings is 1. The highest BCUT2D eigenvalue weighted by Crippen LogP contribution is 2.18. The Morgan fingerprint density at radius 2 is 1.43 bits per heavy atom. The summed E-state index contributed by atoms with van der Waals surface area (Å²) in [5.41, 5.74) is 0.00663. The van der Waals surface area contributed by atoms with Gasteiger partial charge in [0.15, 0.2) is 0 Å². The molecule has 37 heavy (non-hydrogen) atoms. The zero-order valence-corrected chi connectivity index (χ0v) is 23.3. The Balaban J connectivity index is 2.01. The van der Waals surface area contributed by atoms with Crippen LogP contribution in [0.25, 0.3) is 0 Å². The van der Waals surface area contributed by atoms with Crippen LogP contribution >= 0.6 is 0 Å². The lowest BCUT2D eigenvalue weighted by molar-refractivity contribution is -0.000279. The maximum atomic E-state index is 12.7. The number of rotatable bonds is 8. The topological polar surface area (TPSA) is 112 Å². The molecule has 11 nitrogen and oxygen atoms in total. The summed E-state index contributed by atoms with van der Waals surface area (Å²) in [4.78, 5) is 41.6. The second kappa shape index (κ2) is 12.3. The van der Waals surface area contributed by atoms with Crippen LogP contribution in [-0.2, 0) is 16.0 Å². The van der Waals surface area contributed by atoms with E-state index in [9.17, 15) is 14.7 Å². The molecule has 0 bridgehead atoms. The number of anilines is 1. The van der Waals surface area contributed by atoms with Gasteiger partial charge in [-0.25, -0.2) is 24.5 Å². The largest absolute Gasteiger partial charge is 0.512 e. The molecule has 2 rings (SSSR count). The van der Waals surface area contributed by atoms with Crippen LogP contribution < -0.4 is 4.90 Å². The molecule has 0 radical (unpaired) electrons. The van der Waals surface area contributed by atoms with Gasteiger partial charge in [0.2, 0.25) is 5.95 Å². The fourth-order valence-electron chi connectivity index (χ4n) is 3.61. The van der Waals surface area contributed by atoms with Crippen LogP contribution in [0.2, 0.25) is 0 Å². The molecule has 11 heteroatoms. The number of aliphatic hydroxyl groups is 1. The molecular formula is C26H42N6O5. The molecule has 1 fully saturated rings. The maximum absolute atomic E-state index is 12.7. The summed E-state index contributed by atoms with van der Waals surface area (Å²) in [6, 6.07) is 0. The molecule has 0 aliphatic carbocycles. The van der Waals surface area contributed by atoms with E-state index in [2.05, 4.69) is 32.9 Å². The smallest absolute Gasteiger partial charge is 0.420 e. The number of hydrogen-bond donors (Lipinski definition) is 1. The Kier molecular flexibility index (Phi) is 9.91. The van der Waals surface area contributed by atoms with E-state index in [1.807, 2.05) is 11.9 Å². The van der Waals surface area contributed by atoms with Crippen LogP contribution in [0, 0.1) is 0 Å². The van der Waals surface area contributed by atoms with Crippen LogP contribution in [-0.4, -0.2) is 99.5 Å². The first kappa shape index (κ1) is 29.9. The minimum Gasteiger partial charge on any atom is -0.512 e. The van der Waals surface area contributed by atoms with Crippen molar-refractivity contribution in [2.75, 3.05) is 51.2 Å². The number of nitrogens with zero attached hydrogens (tertiary/aromatic N) is 6. The van der Waals surface area contributed by atoms with Gasteiger partial charge in [-0.05, 0) is 48.6 Å². The van der Waals surface area contributed by atoms with Crippen molar-refractivity contribution in [2.24, 2.45) is 0 Å². The first-order valence-corrected chi connectivity index (χ1v) is 12.3. The van der Waals surface area contributed by atoms with Crippen molar-refractivity contribution in [3.05, 3.63) is 42.6 Å². The predicted molar refractivity (Wildman–Crippen MR) is 142 cm³/mol. The fraction of sp³-hybridized carbons (Fsp3) is 0.615. The van der Waals surface area contributed by atoms with E-state index in [0.717, 1.165) is 36.8 Å².